The van der Waals surface area contributed by atoms with Crippen LogP contribution in [0.5, 0.6) is 0 Å². The first-order chi connectivity index (χ1) is 9.29. The molecule has 0 fully saturated rings. The molecule has 0 bridgehead atoms. The lowest BCUT2D eigenvalue weighted by atomic mass is 10.1. The van der Waals surface area contributed by atoms with Crippen LogP contribution in [-0.2, 0) is 4.79 Å². The molecular formula is C11H16Cl2N2O4S. The molecule has 9 heteroatoms. The lowest BCUT2D eigenvalue weighted by molar-refractivity contribution is -0.368. The molecule has 0 amide bonds. The van der Waals surface area contributed by atoms with Crippen LogP contribution in [0.15, 0.2) is 6.07 Å². The summed E-state index contributed by atoms with van der Waals surface area (Å²) in [6.07, 6.45) is 2.38. The normalized spacial score (nSPS) is 11.4. The SMILES string of the molecule is NC(CCCC[NH3+])C(=O)O.O=C([O-])c1cc(Cl)c(Cl)s1. The number of carboxylic acid groups (broad SMARTS) is 2. The molecule has 0 spiro atoms. The smallest absolute Gasteiger partial charge is 0.320 e. The number of aliphatic carboxylic acids is 1. The van der Waals surface area contributed by atoms with Crippen LogP contribution in [0.25, 0.3) is 0 Å². The largest absolute Gasteiger partial charge is 0.544 e. The number of carboxylic acids is 2. The summed E-state index contributed by atoms with van der Waals surface area (Å²) in [5.41, 5.74) is 8.88. The van der Waals surface area contributed by atoms with Crippen LogP contribution in [0.2, 0.25) is 9.36 Å². The molecule has 0 aromatic carbocycles. The standard InChI is InChI=1S/C6H14N2O2.C5H2Cl2O2S/c7-4-2-1-3-5(8)6(9)10;6-2-1-3(5(8)9)10-4(2)7/h5H,1-4,7-8H2,(H,9,10);1H,(H,8,9). The van der Waals surface area contributed by atoms with E-state index in [4.69, 9.17) is 34.0 Å². The van der Waals surface area contributed by atoms with Gasteiger partial charge in [-0.15, -0.1) is 11.3 Å². The summed E-state index contributed by atoms with van der Waals surface area (Å²) in [4.78, 5) is 20.4. The third kappa shape index (κ3) is 7.66. The monoisotopic (exact) mass is 342 g/mol. The number of hydrogen-bond acceptors (Lipinski definition) is 5. The van der Waals surface area contributed by atoms with E-state index in [1.54, 1.807) is 0 Å². The third-order valence-corrected chi connectivity index (χ3v) is 4.02. The Kier molecular flexibility index (Phi) is 9.52. The Hall–Kier alpha value is -0.860. The Balaban J connectivity index is 0.000000361. The van der Waals surface area contributed by atoms with Gasteiger partial charge in [0, 0.05) is 0 Å². The van der Waals surface area contributed by atoms with Gasteiger partial charge in [-0.05, 0) is 25.3 Å². The predicted molar refractivity (Wildman–Crippen MR) is 75.9 cm³/mol. The van der Waals surface area contributed by atoms with Crippen molar-refractivity contribution in [2.24, 2.45) is 5.73 Å². The van der Waals surface area contributed by atoms with Crippen LogP contribution in [0.4, 0.5) is 0 Å². The van der Waals surface area contributed by atoms with Gasteiger partial charge in [0.1, 0.15) is 10.4 Å². The Morgan fingerprint density at radius 3 is 2.35 bits per heavy atom. The number of quaternary nitrogens is 1. The molecule has 1 aromatic rings. The minimum Gasteiger partial charge on any atom is -0.544 e. The summed E-state index contributed by atoms with van der Waals surface area (Å²) in [5.74, 6) is -2.16. The van der Waals surface area contributed by atoms with Crippen LogP contribution in [-0.4, -0.2) is 29.6 Å². The molecule has 0 aliphatic heterocycles. The number of halogens is 2. The number of unbranched alkanes of at least 4 members (excludes halogenated alkanes) is 1. The number of aromatic carboxylic acids is 1. The van der Waals surface area contributed by atoms with Gasteiger partial charge in [0.05, 0.1) is 22.4 Å². The molecule has 1 aromatic heterocycles. The molecule has 1 rings (SSSR count). The highest BCUT2D eigenvalue weighted by Gasteiger charge is 2.09. The first-order valence-electron chi connectivity index (χ1n) is 5.73. The van der Waals surface area contributed by atoms with E-state index in [0.717, 1.165) is 30.7 Å². The van der Waals surface area contributed by atoms with Crippen molar-refractivity contribution in [3.05, 3.63) is 20.3 Å². The molecule has 1 heterocycles. The number of nitrogens with two attached hydrogens (primary N) is 1. The van der Waals surface area contributed by atoms with Crippen LogP contribution < -0.4 is 16.6 Å². The van der Waals surface area contributed by atoms with Crippen molar-refractivity contribution in [2.45, 2.75) is 25.3 Å². The van der Waals surface area contributed by atoms with Gasteiger partial charge in [-0.1, -0.05) is 23.2 Å². The van der Waals surface area contributed by atoms with Crippen molar-refractivity contribution in [1.29, 1.82) is 0 Å². The molecule has 1 atom stereocenters. The van der Waals surface area contributed by atoms with Crippen LogP contribution in [0, 0.1) is 0 Å². The van der Waals surface area contributed by atoms with Gasteiger partial charge < -0.3 is 26.5 Å². The molecule has 114 valence electrons. The average Bonchev–Trinajstić information content (AvgIpc) is 2.71. The van der Waals surface area contributed by atoms with Crippen molar-refractivity contribution in [3.8, 4) is 0 Å². The van der Waals surface area contributed by atoms with Crippen molar-refractivity contribution >= 4 is 46.5 Å². The Morgan fingerprint density at radius 1 is 1.45 bits per heavy atom. The van der Waals surface area contributed by atoms with E-state index in [9.17, 15) is 14.7 Å². The van der Waals surface area contributed by atoms with Crippen LogP contribution in [0.1, 0.15) is 28.9 Å². The molecule has 6 nitrogen and oxygen atoms in total. The molecule has 20 heavy (non-hydrogen) atoms. The third-order valence-electron chi connectivity index (χ3n) is 2.18. The van der Waals surface area contributed by atoms with Gasteiger partial charge in [-0.2, -0.15) is 0 Å². The van der Waals surface area contributed by atoms with Gasteiger partial charge >= 0.3 is 5.97 Å². The van der Waals surface area contributed by atoms with E-state index in [1.165, 1.54) is 6.07 Å². The van der Waals surface area contributed by atoms with Crippen LogP contribution >= 0.6 is 34.5 Å². The predicted octanol–water partition coefficient (Wildman–Crippen LogP) is 0.229. The lowest BCUT2D eigenvalue weighted by Gasteiger charge is -2.02. The molecule has 0 radical (unpaired) electrons. The molecule has 0 aliphatic carbocycles. The average molecular weight is 343 g/mol. The minimum absolute atomic E-state index is 0.0509. The van der Waals surface area contributed by atoms with Gasteiger partial charge in [0.25, 0.3) is 0 Å². The van der Waals surface area contributed by atoms with Crippen molar-refractivity contribution in [2.75, 3.05) is 6.54 Å². The molecule has 0 saturated carbocycles. The fourth-order valence-electron chi connectivity index (χ4n) is 1.11. The Labute approximate surface area is 130 Å². The summed E-state index contributed by atoms with van der Waals surface area (Å²) in [6.45, 7) is 0.854. The number of thiophene rings is 1. The quantitative estimate of drug-likeness (QED) is 0.636. The van der Waals surface area contributed by atoms with E-state index >= 15 is 0 Å². The molecule has 0 saturated heterocycles. The van der Waals surface area contributed by atoms with E-state index in [2.05, 4.69) is 5.73 Å². The second-order valence-corrected chi connectivity index (χ2v) is 5.88. The zero-order valence-corrected chi connectivity index (χ0v) is 12.9. The van der Waals surface area contributed by atoms with Gasteiger partial charge in [-0.25, -0.2) is 0 Å². The highest BCUT2D eigenvalue weighted by Crippen LogP contribution is 2.30. The van der Waals surface area contributed by atoms with E-state index in [0.29, 0.717) is 6.42 Å². The maximum Gasteiger partial charge on any atom is 0.320 e. The van der Waals surface area contributed by atoms with E-state index in [1.807, 2.05) is 0 Å². The fourth-order valence-corrected chi connectivity index (χ4v) is 2.31. The second-order valence-electron chi connectivity index (χ2n) is 3.81. The highest BCUT2D eigenvalue weighted by molar-refractivity contribution is 7.18. The Bertz CT molecular complexity index is 434. The number of hydrogen-bond donors (Lipinski definition) is 3. The Morgan fingerprint density at radius 2 is 2.05 bits per heavy atom. The van der Waals surface area contributed by atoms with Crippen molar-refractivity contribution < 1.29 is 25.5 Å². The summed E-state index contributed by atoms with van der Waals surface area (Å²) < 4.78 is 0.279. The maximum atomic E-state index is 10.2. The molecular weight excluding hydrogens is 327 g/mol. The molecule has 6 N–H and O–H groups in total. The van der Waals surface area contributed by atoms with Gasteiger partial charge in [-0.3, -0.25) is 4.79 Å². The number of carbonyl (C=O) groups excluding carboxylic acids is 1. The lowest BCUT2D eigenvalue weighted by Crippen LogP contribution is -2.50. The fraction of sp³-hybridized carbons (Fsp3) is 0.455. The topological polar surface area (TPSA) is 131 Å². The number of rotatable bonds is 6. The molecule has 0 aliphatic rings. The zero-order valence-electron chi connectivity index (χ0n) is 10.6. The summed E-state index contributed by atoms with van der Waals surface area (Å²) in [7, 11) is 0. The minimum atomic E-state index is -1.25. The van der Waals surface area contributed by atoms with Crippen LogP contribution in [0.3, 0.4) is 0 Å². The second kappa shape index (κ2) is 9.95. The summed E-state index contributed by atoms with van der Waals surface area (Å²) >= 11 is 11.8. The zero-order chi connectivity index (χ0) is 15.7. The summed E-state index contributed by atoms with van der Waals surface area (Å²) in [5, 5.41) is 18.7. The summed E-state index contributed by atoms with van der Waals surface area (Å²) in [6, 6.07) is 0.579. The first kappa shape index (κ1) is 19.1. The highest BCUT2D eigenvalue weighted by atomic mass is 35.5. The molecule has 1 unspecified atom stereocenters. The first-order valence-corrected chi connectivity index (χ1v) is 7.30. The van der Waals surface area contributed by atoms with Crippen molar-refractivity contribution in [1.82, 2.24) is 0 Å². The van der Waals surface area contributed by atoms with E-state index < -0.39 is 18.0 Å². The van der Waals surface area contributed by atoms with Crippen molar-refractivity contribution in [3.63, 3.8) is 0 Å². The number of carbonyl (C=O) groups is 2. The van der Waals surface area contributed by atoms with E-state index in [-0.39, 0.29) is 14.2 Å². The van der Waals surface area contributed by atoms with Gasteiger partial charge in [0.2, 0.25) is 0 Å². The van der Waals surface area contributed by atoms with Gasteiger partial charge in [0.15, 0.2) is 0 Å². The maximum absolute atomic E-state index is 10.2.